The molecule has 0 heterocycles. The molecule has 0 aromatic heterocycles. The average Bonchev–Trinajstić information content (AvgIpc) is 2.12. The van der Waals surface area contributed by atoms with Crippen LogP contribution < -0.4 is 5.73 Å². The summed E-state index contributed by atoms with van der Waals surface area (Å²) in [5.74, 6) is -0.717. The summed E-state index contributed by atoms with van der Waals surface area (Å²) in [6.07, 6.45) is 0. The molecule has 0 aromatic carbocycles. The highest BCUT2D eigenvalue weighted by atomic mass is 79.9. The Hall–Kier alpha value is -0.360. The number of halogens is 2. The second kappa shape index (κ2) is 5.31. The van der Waals surface area contributed by atoms with Gasteiger partial charge >= 0.3 is 5.97 Å². The van der Waals surface area contributed by atoms with Crippen molar-refractivity contribution in [3.63, 3.8) is 0 Å². The first-order chi connectivity index (χ1) is 5.54. The van der Waals surface area contributed by atoms with Crippen molar-refractivity contribution in [2.24, 2.45) is 5.73 Å². The number of carbonyl (C=O) groups is 1. The molecule has 0 unspecified atom stereocenters. The SMILES string of the molecule is COC(=O)C(=N)/C(Br)=C(\N)CBr. The normalized spacial score (nSPS) is 11.9. The highest BCUT2D eigenvalue weighted by Gasteiger charge is 2.14. The Balaban J connectivity index is 4.60. The average molecular weight is 300 g/mol. The number of nitrogens with one attached hydrogen (secondary N) is 1. The summed E-state index contributed by atoms with van der Waals surface area (Å²) < 4.78 is 4.59. The van der Waals surface area contributed by atoms with Crippen molar-refractivity contribution >= 4 is 43.5 Å². The van der Waals surface area contributed by atoms with E-state index in [-0.39, 0.29) is 10.2 Å². The van der Waals surface area contributed by atoms with Crippen LogP contribution in [0, 0.1) is 5.41 Å². The van der Waals surface area contributed by atoms with E-state index in [4.69, 9.17) is 11.1 Å². The van der Waals surface area contributed by atoms with E-state index >= 15 is 0 Å². The summed E-state index contributed by atoms with van der Waals surface area (Å²) in [7, 11) is 1.21. The van der Waals surface area contributed by atoms with Crippen molar-refractivity contribution in [3.05, 3.63) is 10.2 Å². The molecule has 0 aliphatic carbocycles. The molecular weight excluding hydrogens is 292 g/mol. The van der Waals surface area contributed by atoms with Crippen LogP contribution in [0.3, 0.4) is 0 Å². The molecule has 68 valence electrons. The lowest BCUT2D eigenvalue weighted by atomic mass is 10.3. The minimum Gasteiger partial charge on any atom is -0.464 e. The van der Waals surface area contributed by atoms with E-state index in [9.17, 15) is 4.79 Å². The zero-order valence-corrected chi connectivity index (χ0v) is 9.53. The fourth-order valence-electron chi connectivity index (χ4n) is 0.411. The predicted molar refractivity (Wildman–Crippen MR) is 53.7 cm³/mol. The first-order valence-corrected chi connectivity index (χ1v) is 4.83. The van der Waals surface area contributed by atoms with E-state index in [0.29, 0.717) is 11.0 Å². The number of carbonyl (C=O) groups excluding carboxylic acids is 1. The number of hydrogen-bond donors (Lipinski definition) is 2. The lowest BCUT2D eigenvalue weighted by molar-refractivity contribution is -0.132. The van der Waals surface area contributed by atoms with Crippen molar-refractivity contribution in [3.8, 4) is 0 Å². The summed E-state index contributed by atoms with van der Waals surface area (Å²) in [5, 5.41) is 7.65. The van der Waals surface area contributed by atoms with Gasteiger partial charge in [0.1, 0.15) is 0 Å². The lowest BCUT2D eigenvalue weighted by Gasteiger charge is -2.02. The van der Waals surface area contributed by atoms with E-state index in [1.54, 1.807) is 0 Å². The molecule has 6 heteroatoms. The van der Waals surface area contributed by atoms with Gasteiger partial charge in [0.15, 0.2) is 5.71 Å². The van der Waals surface area contributed by atoms with Gasteiger partial charge in [0.25, 0.3) is 0 Å². The number of nitrogens with two attached hydrogens (primary N) is 1. The van der Waals surface area contributed by atoms with Crippen molar-refractivity contribution in [2.45, 2.75) is 0 Å². The number of alkyl halides is 1. The Kier molecular flexibility index (Phi) is 5.16. The molecule has 0 radical (unpaired) electrons. The summed E-state index contributed by atoms with van der Waals surface area (Å²) in [6.45, 7) is 0. The van der Waals surface area contributed by atoms with E-state index in [2.05, 4.69) is 36.6 Å². The second-order valence-corrected chi connectivity index (χ2v) is 3.19. The van der Waals surface area contributed by atoms with E-state index in [1.807, 2.05) is 0 Å². The standard InChI is InChI=1S/C6H8Br2N2O2/c1-12-6(11)5(10)4(8)3(9)2-7/h10H,2,9H2,1H3/b4-3+,10-5?. The van der Waals surface area contributed by atoms with Gasteiger partial charge in [-0.25, -0.2) is 4.79 Å². The smallest absolute Gasteiger partial charge is 0.357 e. The van der Waals surface area contributed by atoms with Crippen LogP contribution in [0.25, 0.3) is 0 Å². The highest BCUT2D eigenvalue weighted by molar-refractivity contribution is 9.12. The maximum Gasteiger partial charge on any atom is 0.357 e. The first-order valence-electron chi connectivity index (χ1n) is 2.91. The number of hydrogen-bond acceptors (Lipinski definition) is 4. The van der Waals surface area contributed by atoms with Crippen LogP contribution in [0.15, 0.2) is 10.2 Å². The molecule has 4 nitrogen and oxygen atoms in total. The van der Waals surface area contributed by atoms with Gasteiger partial charge in [0.05, 0.1) is 11.6 Å². The Morgan fingerprint density at radius 2 is 2.17 bits per heavy atom. The number of rotatable bonds is 3. The predicted octanol–water partition coefficient (Wildman–Crippen LogP) is 1.14. The quantitative estimate of drug-likeness (QED) is 0.466. The molecule has 0 spiro atoms. The van der Waals surface area contributed by atoms with Gasteiger partial charge in [0.2, 0.25) is 0 Å². The molecule has 0 aliphatic heterocycles. The van der Waals surface area contributed by atoms with Crippen LogP contribution in [0.1, 0.15) is 0 Å². The fourth-order valence-corrected chi connectivity index (χ4v) is 1.37. The summed E-state index contributed by atoms with van der Waals surface area (Å²) in [5.41, 5.74) is 5.54. The molecule has 0 aliphatic rings. The minimum atomic E-state index is -0.717. The van der Waals surface area contributed by atoms with Gasteiger partial charge < -0.3 is 10.5 Å². The van der Waals surface area contributed by atoms with Crippen LogP contribution in [0.5, 0.6) is 0 Å². The molecule has 12 heavy (non-hydrogen) atoms. The van der Waals surface area contributed by atoms with Crippen molar-refractivity contribution in [1.82, 2.24) is 0 Å². The lowest BCUT2D eigenvalue weighted by Crippen LogP contribution is -2.18. The topological polar surface area (TPSA) is 76.2 Å². The van der Waals surface area contributed by atoms with Crippen LogP contribution in [-0.2, 0) is 9.53 Å². The van der Waals surface area contributed by atoms with Gasteiger partial charge in [0, 0.05) is 11.0 Å². The highest BCUT2D eigenvalue weighted by Crippen LogP contribution is 2.12. The van der Waals surface area contributed by atoms with Gasteiger partial charge in [-0.1, -0.05) is 15.9 Å². The number of esters is 1. The second-order valence-electron chi connectivity index (χ2n) is 1.84. The van der Waals surface area contributed by atoms with E-state index in [1.165, 1.54) is 7.11 Å². The van der Waals surface area contributed by atoms with Crippen LogP contribution >= 0.6 is 31.9 Å². The fraction of sp³-hybridized carbons (Fsp3) is 0.333. The molecule has 0 bridgehead atoms. The largest absolute Gasteiger partial charge is 0.464 e. The maximum absolute atomic E-state index is 10.8. The zero-order valence-electron chi connectivity index (χ0n) is 6.36. The number of methoxy groups -OCH3 is 1. The van der Waals surface area contributed by atoms with Gasteiger partial charge in [-0.05, 0) is 15.9 Å². The van der Waals surface area contributed by atoms with E-state index < -0.39 is 5.97 Å². The molecule has 0 fully saturated rings. The molecule has 0 rings (SSSR count). The maximum atomic E-state index is 10.8. The van der Waals surface area contributed by atoms with Gasteiger partial charge in [-0.3, -0.25) is 5.41 Å². The Labute approximate surface area is 86.9 Å². The van der Waals surface area contributed by atoms with Crippen LogP contribution in [0.4, 0.5) is 0 Å². The minimum absolute atomic E-state index is 0.256. The van der Waals surface area contributed by atoms with Crippen LogP contribution in [0.2, 0.25) is 0 Å². The number of ether oxygens (including phenoxy) is 1. The summed E-state index contributed by atoms with van der Waals surface area (Å²) in [4.78, 5) is 10.8. The Morgan fingerprint density at radius 3 is 2.50 bits per heavy atom. The molecular formula is C6H8Br2N2O2. The molecule has 0 saturated carbocycles. The van der Waals surface area contributed by atoms with Gasteiger partial charge in [-0.2, -0.15) is 0 Å². The third-order valence-electron chi connectivity index (χ3n) is 1.03. The van der Waals surface area contributed by atoms with Crippen molar-refractivity contribution in [1.29, 1.82) is 5.41 Å². The monoisotopic (exact) mass is 298 g/mol. The molecule has 0 atom stereocenters. The third kappa shape index (κ3) is 2.94. The van der Waals surface area contributed by atoms with E-state index in [0.717, 1.165) is 0 Å². The van der Waals surface area contributed by atoms with Crippen molar-refractivity contribution in [2.75, 3.05) is 12.4 Å². The van der Waals surface area contributed by atoms with Crippen LogP contribution in [-0.4, -0.2) is 24.1 Å². The molecule has 0 saturated heterocycles. The van der Waals surface area contributed by atoms with Gasteiger partial charge in [-0.15, -0.1) is 0 Å². The number of allylic oxidation sites excluding steroid dienone is 1. The Bertz CT molecular complexity index is 238. The first kappa shape index (κ1) is 11.6. The molecule has 3 N–H and O–H groups in total. The third-order valence-corrected chi connectivity index (χ3v) is 2.54. The summed E-state index contributed by atoms with van der Waals surface area (Å²) >= 11 is 6.10. The zero-order chi connectivity index (χ0) is 9.72. The summed E-state index contributed by atoms with van der Waals surface area (Å²) in [6, 6.07) is 0. The molecule has 0 aromatic rings. The Morgan fingerprint density at radius 1 is 1.67 bits per heavy atom. The molecule has 0 amide bonds. The van der Waals surface area contributed by atoms with Crippen molar-refractivity contribution < 1.29 is 9.53 Å².